The fraction of sp³-hybridized carbons (Fsp3) is 0.250. The van der Waals surface area contributed by atoms with Gasteiger partial charge in [-0.2, -0.15) is 0 Å². The van der Waals surface area contributed by atoms with Gasteiger partial charge in [0.15, 0.2) is 0 Å². The van der Waals surface area contributed by atoms with Crippen LogP contribution in [0, 0.1) is 0 Å². The number of benzene rings is 1. The summed E-state index contributed by atoms with van der Waals surface area (Å²) in [4.78, 5) is 0. The summed E-state index contributed by atoms with van der Waals surface area (Å²) in [7, 11) is 0. The molecule has 1 atom stereocenters. The Morgan fingerprint density at radius 3 is 2.82 bits per heavy atom. The molecule has 58 valence electrons. The quantitative estimate of drug-likeness (QED) is 0.629. The first-order valence-electron chi connectivity index (χ1n) is 3.50. The van der Waals surface area contributed by atoms with E-state index in [9.17, 15) is 5.11 Å². The molecule has 0 amide bonds. The summed E-state index contributed by atoms with van der Waals surface area (Å²) in [6.07, 6.45) is 0. The van der Waals surface area contributed by atoms with Crippen molar-refractivity contribution in [2.75, 3.05) is 6.54 Å². The Morgan fingerprint density at radius 2 is 2.27 bits per heavy atom. The molecule has 2 nitrogen and oxygen atoms in total. The summed E-state index contributed by atoms with van der Waals surface area (Å²) < 4.78 is 0. The van der Waals surface area contributed by atoms with Crippen molar-refractivity contribution in [1.82, 2.24) is 5.32 Å². The monoisotopic (exact) mass is 169 g/mol. The lowest BCUT2D eigenvalue weighted by molar-refractivity contribution is 0.468. The van der Waals surface area contributed by atoms with E-state index in [4.69, 9.17) is 11.6 Å². The molecule has 0 unspecified atom stereocenters. The topological polar surface area (TPSA) is 42.2 Å². The van der Waals surface area contributed by atoms with Crippen LogP contribution in [0.4, 0.5) is 0 Å². The number of rotatable bonds is 1. The maximum absolute atomic E-state index is 9.38. The molecule has 0 aliphatic carbocycles. The van der Waals surface area contributed by atoms with Gasteiger partial charge < -0.3 is 10.4 Å². The zero-order valence-corrected chi connectivity index (χ0v) is 6.60. The standard InChI is InChI=1S/C8H8ClNO/c9-5-2-1-3-7(11)8(5)6-4-10-6/h1-3,6,10-11H,4H2/t6-/m1/s1. The lowest BCUT2D eigenvalue weighted by atomic mass is 10.1. The minimum absolute atomic E-state index is 0.267. The third kappa shape index (κ3) is 1.19. The zero-order chi connectivity index (χ0) is 7.84. The summed E-state index contributed by atoms with van der Waals surface area (Å²) >= 11 is 5.86. The van der Waals surface area contributed by atoms with E-state index in [1.54, 1.807) is 18.2 Å². The van der Waals surface area contributed by atoms with Gasteiger partial charge in [-0.25, -0.2) is 0 Å². The highest BCUT2D eigenvalue weighted by Crippen LogP contribution is 2.35. The molecule has 1 aromatic rings. The van der Waals surface area contributed by atoms with Crippen molar-refractivity contribution < 1.29 is 5.11 Å². The van der Waals surface area contributed by atoms with Gasteiger partial charge in [-0.3, -0.25) is 0 Å². The van der Waals surface area contributed by atoms with E-state index in [-0.39, 0.29) is 11.8 Å². The number of phenols is 1. The maximum Gasteiger partial charge on any atom is 0.121 e. The van der Waals surface area contributed by atoms with Gasteiger partial charge >= 0.3 is 0 Å². The van der Waals surface area contributed by atoms with E-state index in [2.05, 4.69) is 5.32 Å². The molecule has 0 aromatic heterocycles. The fourth-order valence-corrected chi connectivity index (χ4v) is 1.43. The van der Waals surface area contributed by atoms with Gasteiger partial charge in [-0.15, -0.1) is 0 Å². The van der Waals surface area contributed by atoms with Crippen LogP contribution in [0.15, 0.2) is 18.2 Å². The number of hydrogen-bond acceptors (Lipinski definition) is 2. The van der Waals surface area contributed by atoms with Crippen LogP contribution in [0.25, 0.3) is 0 Å². The summed E-state index contributed by atoms with van der Waals surface area (Å²) in [5.74, 6) is 0.285. The molecule has 11 heavy (non-hydrogen) atoms. The Balaban J connectivity index is 2.48. The highest BCUT2D eigenvalue weighted by Gasteiger charge is 2.27. The lowest BCUT2D eigenvalue weighted by Crippen LogP contribution is -1.86. The number of nitrogens with one attached hydrogen (secondary N) is 1. The second-order valence-electron chi connectivity index (χ2n) is 2.63. The van der Waals surface area contributed by atoms with E-state index < -0.39 is 0 Å². The SMILES string of the molecule is Oc1cccc(Cl)c1[C@H]1CN1. The molecule has 0 radical (unpaired) electrons. The number of phenolic OH excluding ortho intramolecular Hbond substituents is 1. The predicted octanol–water partition coefficient (Wildman–Crippen LogP) is 1.69. The highest BCUT2D eigenvalue weighted by atomic mass is 35.5. The summed E-state index contributed by atoms with van der Waals surface area (Å²) in [5, 5.41) is 13.1. The molecule has 2 N–H and O–H groups in total. The van der Waals surface area contributed by atoms with E-state index >= 15 is 0 Å². The average molecular weight is 170 g/mol. The normalized spacial score (nSPS) is 21.7. The van der Waals surface area contributed by atoms with Crippen molar-refractivity contribution >= 4 is 11.6 Å². The molecular weight excluding hydrogens is 162 g/mol. The van der Waals surface area contributed by atoms with Crippen molar-refractivity contribution in [3.05, 3.63) is 28.8 Å². The Morgan fingerprint density at radius 1 is 1.55 bits per heavy atom. The lowest BCUT2D eigenvalue weighted by Gasteiger charge is -2.02. The first kappa shape index (κ1) is 6.95. The first-order chi connectivity index (χ1) is 5.29. The van der Waals surface area contributed by atoms with Crippen molar-refractivity contribution in [3.8, 4) is 5.75 Å². The molecule has 2 rings (SSSR count). The summed E-state index contributed by atoms with van der Waals surface area (Å²) in [6.45, 7) is 0.914. The minimum Gasteiger partial charge on any atom is -0.508 e. The van der Waals surface area contributed by atoms with E-state index in [1.807, 2.05) is 0 Å². The van der Waals surface area contributed by atoms with Gasteiger partial charge in [-0.1, -0.05) is 17.7 Å². The number of halogens is 1. The van der Waals surface area contributed by atoms with Crippen molar-refractivity contribution in [3.63, 3.8) is 0 Å². The largest absolute Gasteiger partial charge is 0.508 e. The molecule has 1 fully saturated rings. The van der Waals surface area contributed by atoms with Gasteiger partial charge in [0, 0.05) is 23.2 Å². The van der Waals surface area contributed by atoms with Crippen LogP contribution in [-0.2, 0) is 0 Å². The fourth-order valence-electron chi connectivity index (χ4n) is 1.13. The molecule has 1 heterocycles. The smallest absolute Gasteiger partial charge is 0.121 e. The Hall–Kier alpha value is -0.730. The zero-order valence-electron chi connectivity index (χ0n) is 5.84. The van der Waals surface area contributed by atoms with Crippen LogP contribution in [0.1, 0.15) is 11.6 Å². The molecular formula is C8H8ClNO. The van der Waals surface area contributed by atoms with Crippen LogP contribution < -0.4 is 5.32 Å². The Bertz CT molecular complexity index is 263. The van der Waals surface area contributed by atoms with Gasteiger partial charge in [-0.05, 0) is 12.1 Å². The Labute approximate surface area is 69.8 Å². The van der Waals surface area contributed by atoms with Crippen LogP contribution in [0.5, 0.6) is 5.75 Å². The van der Waals surface area contributed by atoms with E-state index in [0.29, 0.717) is 5.02 Å². The molecule has 1 aliphatic heterocycles. The molecule has 0 saturated carbocycles. The molecule has 1 aromatic carbocycles. The highest BCUT2D eigenvalue weighted by molar-refractivity contribution is 6.31. The molecule has 1 aliphatic rings. The van der Waals surface area contributed by atoms with Gasteiger partial charge in [0.25, 0.3) is 0 Å². The third-order valence-electron chi connectivity index (χ3n) is 1.79. The maximum atomic E-state index is 9.38. The van der Waals surface area contributed by atoms with E-state index in [1.165, 1.54) is 0 Å². The predicted molar refractivity (Wildman–Crippen MR) is 43.9 cm³/mol. The average Bonchev–Trinajstić information content (AvgIpc) is 2.70. The second-order valence-corrected chi connectivity index (χ2v) is 3.04. The van der Waals surface area contributed by atoms with Crippen LogP contribution >= 0.6 is 11.6 Å². The van der Waals surface area contributed by atoms with Gasteiger partial charge in [0.05, 0.1) is 0 Å². The van der Waals surface area contributed by atoms with Gasteiger partial charge in [0.1, 0.15) is 5.75 Å². The molecule has 0 spiro atoms. The third-order valence-corrected chi connectivity index (χ3v) is 2.12. The number of hydrogen-bond donors (Lipinski definition) is 2. The van der Waals surface area contributed by atoms with Crippen molar-refractivity contribution in [2.45, 2.75) is 6.04 Å². The van der Waals surface area contributed by atoms with Crippen molar-refractivity contribution in [2.24, 2.45) is 0 Å². The van der Waals surface area contributed by atoms with E-state index in [0.717, 1.165) is 12.1 Å². The van der Waals surface area contributed by atoms with Crippen LogP contribution in [0.2, 0.25) is 5.02 Å². The minimum atomic E-state index is 0.267. The van der Waals surface area contributed by atoms with Crippen molar-refractivity contribution in [1.29, 1.82) is 0 Å². The molecule has 1 saturated heterocycles. The molecule has 0 bridgehead atoms. The number of aromatic hydroxyl groups is 1. The van der Waals surface area contributed by atoms with Crippen LogP contribution in [0.3, 0.4) is 0 Å². The first-order valence-corrected chi connectivity index (χ1v) is 3.87. The Kier molecular flexibility index (Phi) is 1.51. The molecule has 3 heteroatoms. The second kappa shape index (κ2) is 2.40. The summed E-state index contributed by atoms with van der Waals surface area (Å²) in [6, 6.07) is 5.45. The summed E-state index contributed by atoms with van der Waals surface area (Å²) in [5.41, 5.74) is 0.828. The van der Waals surface area contributed by atoms with Gasteiger partial charge in [0.2, 0.25) is 0 Å². The van der Waals surface area contributed by atoms with Crippen LogP contribution in [-0.4, -0.2) is 11.7 Å².